The first-order chi connectivity index (χ1) is 10.1. The molecule has 1 saturated heterocycles. The van der Waals surface area contributed by atoms with Crippen molar-refractivity contribution in [3.05, 3.63) is 35.3 Å². The fourth-order valence-electron chi connectivity index (χ4n) is 2.79. The molecule has 0 atom stereocenters. The van der Waals surface area contributed by atoms with Crippen molar-refractivity contribution >= 4 is 23.2 Å². The van der Waals surface area contributed by atoms with Crippen LogP contribution in [-0.4, -0.2) is 53.3 Å². The highest BCUT2D eigenvalue weighted by Crippen LogP contribution is 2.26. The summed E-state index contributed by atoms with van der Waals surface area (Å²) < 4.78 is 14.1. The third-order valence-electron chi connectivity index (χ3n) is 3.93. The van der Waals surface area contributed by atoms with Crippen molar-refractivity contribution in [2.45, 2.75) is 6.92 Å². The zero-order chi connectivity index (χ0) is 15.0. The molecule has 6 heteroatoms. The second-order valence-electron chi connectivity index (χ2n) is 5.22. The Bertz CT molecular complexity index is 702. The number of aromatic nitrogens is 1. The van der Waals surface area contributed by atoms with Crippen LogP contribution in [-0.2, 0) is 4.79 Å². The monoisotopic (exact) mass is 289 g/mol. The van der Waals surface area contributed by atoms with Crippen LogP contribution >= 0.6 is 0 Å². The van der Waals surface area contributed by atoms with E-state index in [1.165, 1.54) is 6.07 Å². The van der Waals surface area contributed by atoms with E-state index in [4.69, 9.17) is 0 Å². The Kier molecular flexibility index (Phi) is 3.37. The maximum Gasteiger partial charge on any atom is 0.256 e. The third kappa shape index (κ3) is 2.26. The largest absolute Gasteiger partial charge is 0.358 e. The number of fused-ring (bicyclic) bond motifs is 1. The number of aromatic amines is 1. The highest BCUT2D eigenvalue weighted by molar-refractivity contribution is 6.08. The van der Waals surface area contributed by atoms with Gasteiger partial charge in [-0.1, -0.05) is 6.07 Å². The minimum absolute atomic E-state index is 0.186. The lowest BCUT2D eigenvalue weighted by Gasteiger charge is -2.32. The SMILES string of the molecule is Cc1[nH]c2cccc(F)c2c1C(=O)N1CCN(C=O)CC1. The maximum absolute atomic E-state index is 14.1. The number of hydrogen-bond donors (Lipinski definition) is 1. The van der Waals surface area contributed by atoms with Gasteiger partial charge in [0.05, 0.1) is 5.56 Å². The van der Waals surface area contributed by atoms with Crippen LogP contribution in [0.25, 0.3) is 10.9 Å². The molecule has 1 aromatic carbocycles. The molecule has 1 aliphatic rings. The molecule has 2 aromatic rings. The Morgan fingerprint density at radius 3 is 2.67 bits per heavy atom. The molecular formula is C15H16FN3O2. The van der Waals surface area contributed by atoms with Gasteiger partial charge in [0.1, 0.15) is 5.82 Å². The van der Waals surface area contributed by atoms with Crippen molar-refractivity contribution in [1.82, 2.24) is 14.8 Å². The predicted molar refractivity (Wildman–Crippen MR) is 76.5 cm³/mol. The van der Waals surface area contributed by atoms with E-state index in [0.717, 1.165) is 6.41 Å². The van der Waals surface area contributed by atoms with Gasteiger partial charge in [0, 0.05) is 42.8 Å². The van der Waals surface area contributed by atoms with Crippen molar-refractivity contribution in [1.29, 1.82) is 0 Å². The van der Waals surface area contributed by atoms with Crippen molar-refractivity contribution < 1.29 is 14.0 Å². The molecule has 1 N–H and O–H groups in total. The first kappa shape index (κ1) is 13.6. The number of nitrogens with one attached hydrogen (secondary N) is 1. The Hall–Kier alpha value is -2.37. The molecule has 110 valence electrons. The molecule has 0 unspecified atom stereocenters. The van der Waals surface area contributed by atoms with Crippen LogP contribution in [0.5, 0.6) is 0 Å². The van der Waals surface area contributed by atoms with Crippen LogP contribution in [0.15, 0.2) is 18.2 Å². The quantitative estimate of drug-likeness (QED) is 0.852. The van der Waals surface area contributed by atoms with E-state index in [2.05, 4.69) is 4.98 Å². The zero-order valence-electron chi connectivity index (χ0n) is 11.7. The first-order valence-electron chi connectivity index (χ1n) is 6.87. The summed E-state index contributed by atoms with van der Waals surface area (Å²) >= 11 is 0. The number of halogens is 1. The molecule has 0 saturated carbocycles. The molecular weight excluding hydrogens is 273 g/mol. The van der Waals surface area contributed by atoms with Crippen LogP contribution in [0.1, 0.15) is 16.1 Å². The highest BCUT2D eigenvalue weighted by Gasteiger charge is 2.26. The number of hydrogen-bond acceptors (Lipinski definition) is 2. The minimum Gasteiger partial charge on any atom is -0.358 e. The van der Waals surface area contributed by atoms with Crippen LogP contribution in [0.4, 0.5) is 4.39 Å². The van der Waals surface area contributed by atoms with Crippen molar-refractivity contribution in [3.8, 4) is 0 Å². The van der Waals surface area contributed by atoms with Crippen LogP contribution in [0.3, 0.4) is 0 Å². The molecule has 1 aliphatic heterocycles. The second kappa shape index (κ2) is 5.20. The van der Waals surface area contributed by atoms with E-state index in [-0.39, 0.29) is 5.91 Å². The van der Waals surface area contributed by atoms with Gasteiger partial charge in [0.2, 0.25) is 6.41 Å². The lowest BCUT2D eigenvalue weighted by molar-refractivity contribution is -0.119. The summed E-state index contributed by atoms with van der Waals surface area (Å²) in [6.07, 6.45) is 0.790. The number of rotatable bonds is 2. The van der Waals surface area contributed by atoms with Gasteiger partial charge in [-0.2, -0.15) is 0 Å². The molecule has 2 amide bonds. The van der Waals surface area contributed by atoms with E-state index < -0.39 is 5.82 Å². The Labute approximate surface area is 121 Å². The number of carbonyl (C=O) groups excluding carboxylic acids is 2. The number of H-pyrrole nitrogens is 1. The summed E-state index contributed by atoms with van der Waals surface area (Å²) in [6.45, 7) is 3.74. The standard InChI is InChI=1S/C15H16FN3O2/c1-10-13(14-11(16)3-2-4-12(14)17-10)15(21)19-7-5-18(9-20)6-8-19/h2-4,9,17H,5-8H2,1H3. The van der Waals surface area contributed by atoms with Gasteiger partial charge in [0.25, 0.3) is 5.91 Å². The highest BCUT2D eigenvalue weighted by atomic mass is 19.1. The molecule has 0 bridgehead atoms. The number of nitrogens with zero attached hydrogens (tertiary/aromatic N) is 2. The molecule has 0 radical (unpaired) electrons. The summed E-state index contributed by atoms with van der Waals surface area (Å²) in [4.78, 5) is 29.7. The number of amides is 2. The van der Waals surface area contributed by atoms with Crippen LogP contribution in [0, 0.1) is 12.7 Å². The average molecular weight is 289 g/mol. The summed E-state index contributed by atoms with van der Waals surface area (Å²) in [6, 6.07) is 4.73. The smallest absolute Gasteiger partial charge is 0.256 e. The average Bonchev–Trinajstić information content (AvgIpc) is 2.84. The molecule has 1 fully saturated rings. The normalized spacial score (nSPS) is 15.5. The van der Waals surface area contributed by atoms with E-state index in [0.29, 0.717) is 48.3 Å². The topological polar surface area (TPSA) is 56.4 Å². The van der Waals surface area contributed by atoms with E-state index in [9.17, 15) is 14.0 Å². The third-order valence-corrected chi connectivity index (χ3v) is 3.93. The lowest BCUT2D eigenvalue weighted by Crippen LogP contribution is -2.48. The van der Waals surface area contributed by atoms with Gasteiger partial charge in [-0.25, -0.2) is 4.39 Å². The molecule has 1 aromatic heterocycles. The molecule has 0 aliphatic carbocycles. The van der Waals surface area contributed by atoms with Gasteiger partial charge in [-0.05, 0) is 19.1 Å². The fraction of sp³-hybridized carbons (Fsp3) is 0.333. The van der Waals surface area contributed by atoms with Gasteiger partial charge in [0.15, 0.2) is 0 Å². The molecule has 0 spiro atoms. The van der Waals surface area contributed by atoms with E-state index in [1.54, 1.807) is 28.9 Å². The summed E-state index contributed by atoms with van der Waals surface area (Å²) in [5.41, 5.74) is 1.68. The number of carbonyl (C=O) groups is 2. The Morgan fingerprint density at radius 2 is 2.00 bits per heavy atom. The minimum atomic E-state index is -0.397. The summed E-state index contributed by atoms with van der Waals surface area (Å²) in [7, 11) is 0. The number of piperazine rings is 1. The molecule has 5 nitrogen and oxygen atoms in total. The molecule has 21 heavy (non-hydrogen) atoms. The van der Waals surface area contributed by atoms with Gasteiger partial charge >= 0.3 is 0 Å². The van der Waals surface area contributed by atoms with Crippen LogP contribution in [0.2, 0.25) is 0 Å². The summed E-state index contributed by atoms with van der Waals surface area (Å²) in [5.74, 6) is -0.582. The van der Waals surface area contributed by atoms with Crippen LogP contribution < -0.4 is 0 Å². The van der Waals surface area contributed by atoms with Gasteiger partial charge < -0.3 is 14.8 Å². The number of benzene rings is 1. The van der Waals surface area contributed by atoms with E-state index in [1.807, 2.05) is 0 Å². The Balaban J connectivity index is 1.95. The first-order valence-corrected chi connectivity index (χ1v) is 6.87. The second-order valence-corrected chi connectivity index (χ2v) is 5.22. The van der Waals surface area contributed by atoms with E-state index >= 15 is 0 Å². The van der Waals surface area contributed by atoms with Crippen molar-refractivity contribution in [3.63, 3.8) is 0 Å². The predicted octanol–water partition coefficient (Wildman–Crippen LogP) is 1.53. The van der Waals surface area contributed by atoms with Crippen molar-refractivity contribution in [2.75, 3.05) is 26.2 Å². The Morgan fingerprint density at radius 1 is 1.29 bits per heavy atom. The molecule has 3 rings (SSSR count). The fourth-order valence-corrected chi connectivity index (χ4v) is 2.79. The number of aryl methyl sites for hydroxylation is 1. The van der Waals surface area contributed by atoms with Crippen molar-refractivity contribution in [2.24, 2.45) is 0 Å². The zero-order valence-corrected chi connectivity index (χ0v) is 11.7. The lowest BCUT2D eigenvalue weighted by atomic mass is 10.1. The van der Waals surface area contributed by atoms with Gasteiger partial charge in [-0.15, -0.1) is 0 Å². The van der Waals surface area contributed by atoms with Gasteiger partial charge in [-0.3, -0.25) is 9.59 Å². The maximum atomic E-state index is 14.1. The molecule has 2 heterocycles. The summed E-state index contributed by atoms with van der Waals surface area (Å²) in [5, 5.41) is 0.345.